The summed E-state index contributed by atoms with van der Waals surface area (Å²) in [5, 5.41) is 0. The van der Waals surface area contributed by atoms with Crippen molar-refractivity contribution in [2.24, 2.45) is 0 Å². The van der Waals surface area contributed by atoms with Gasteiger partial charge in [-0.15, -0.1) is 0 Å². The molecule has 0 radical (unpaired) electrons. The molecule has 1 heterocycles. The van der Waals surface area contributed by atoms with Crippen LogP contribution in [0.15, 0.2) is 17.1 Å². The first-order valence-electron chi connectivity index (χ1n) is 5.06. The van der Waals surface area contributed by atoms with Gasteiger partial charge in [0.25, 0.3) is 0 Å². The van der Waals surface area contributed by atoms with Crippen molar-refractivity contribution < 1.29 is 4.79 Å². The highest BCUT2D eigenvalue weighted by molar-refractivity contribution is 7.11. The number of thiazole rings is 1. The van der Waals surface area contributed by atoms with E-state index in [2.05, 4.69) is 0 Å². The highest BCUT2D eigenvalue weighted by Crippen LogP contribution is 2.13. The lowest BCUT2D eigenvalue weighted by Crippen LogP contribution is -2.12. The summed E-state index contributed by atoms with van der Waals surface area (Å²) in [6.07, 6.45) is 3.17. The Labute approximate surface area is 98.8 Å². The van der Waals surface area contributed by atoms with Gasteiger partial charge in [-0.2, -0.15) is 0 Å². The minimum atomic E-state index is -0.111. The van der Waals surface area contributed by atoms with E-state index in [-0.39, 0.29) is 10.7 Å². The molecule has 0 atom stereocenters. The van der Waals surface area contributed by atoms with Crippen molar-refractivity contribution in [3.05, 3.63) is 32.5 Å². The first kappa shape index (κ1) is 12.7. The van der Waals surface area contributed by atoms with Crippen LogP contribution in [0.2, 0.25) is 0 Å². The Hall–Kier alpha value is -1.36. The van der Waals surface area contributed by atoms with Gasteiger partial charge in [0, 0.05) is 38.6 Å². The molecule has 4 nitrogen and oxygen atoms in total. The second-order valence-electron chi connectivity index (χ2n) is 3.67. The van der Waals surface area contributed by atoms with Crippen molar-refractivity contribution in [1.82, 2.24) is 9.47 Å². The van der Waals surface area contributed by atoms with E-state index in [4.69, 9.17) is 0 Å². The molecule has 0 aliphatic carbocycles. The maximum absolute atomic E-state index is 11.8. The molecule has 0 aliphatic heterocycles. The first-order valence-corrected chi connectivity index (χ1v) is 5.88. The molecule has 0 saturated carbocycles. The van der Waals surface area contributed by atoms with E-state index in [0.717, 1.165) is 17.0 Å². The van der Waals surface area contributed by atoms with Crippen LogP contribution in [-0.4, -0.2) is 29.3 Å². The number of rotatable bonds is 4. The predicted molar refractivity (Wildman–Crippen MR) is 66.1 cm³/mol. The van der Waals surface area contributed by atoms with Gasteiger partial charge >= 0.3 is 4.87 Å². The third-order valence-corrected chi connectivity index (χ3v) is 3.30. The summed E-state index contributed by atoms with van der Waals surface area (Å²) in [7, 11) is 3.69. The number of carbonyl (C=O) groups excluding carboxylic acids is 1. The molecule has 1 aromatic heterocycles. The number of aromatic nitrogens is 1. The van der Waals surface area contributed by atoms with Crippen LogP contribution in [0.5, 0.6) is 0 Å². The van der Waals surface area contributed by atoms with Crippen LogP contribution in [-0.2, 0) is 6.54 Å². The monoisotopic (exact) mass is 240 g/mol. The standard InChI is InChI=1S/C11H16N2O2S/c1-5-13-8(2)10(16-11(13)15)9(14)6-7-12(3)4/h6-7H,5H2,1-4H3/b7-6+. The van der Waals surface area contributed by atoms with Gasteiger partial charge in [-0.3, -0.25) is 9.59 Å². The highest BCUT2D eigenvalue weighted by Gasteiger charge is 2.14. The quantitative estimate of drug-likeness (QED) is 0.591. The molecule has 0 amide bonds. The van der Waals surface area contributed by atoms with Crippen LogP contribution in [0.25, 0.3) is 0 Å². The fourth-order valence-electron chi connectivity index (χ4n) is 1.36. The van der Waals surface area contributed by atoms with E-state index >= 15 is 0 Å². The average Bonchev–Trinajstić information content (AvgIpc) is 2.50. The van der Waals surface area contributed by atoms with Crippen molar-refractivity contribution >= 4 is 17.1 Å². The zero-order chi connectivity index (χ0) is 12.3. The van der Waals surface area contributed by atoms with E-state index in [1.165, 1.54) is 6.08 Å². The summed E-state index contributed by atoms with van der Waals surface area (Å²) in [6.45, 7) is 4.30. The van der Waals surface area contributed by atoms with E-state index < -0.39 is 0 Å². The maximum atomic E-state index is 11.8. The minimum Gasteiger partial charge on any atom is -0.383 e. The van der Waals surface area contributed by atoms with Gasteiger partial charge in [0.2, 0.25) is 0 Å². The lowest BCUT2D eigenvalue weighted by Gasteiger charge is -2.02. The van der Waals surface area contributed by atoms with Crippen molar-refractivity contribution in [1.29, 1.82) is 0 Å². The van der Waals surface area contributed by atoms with Gasteiger partial charge in [-0.25, -0.2) is 0 Å². The number of nitrogens with zero attached hydrogens (tertiary/aromatic N) is 2. The number of hydrogen-bond donors (Lipinski definition) is 0. The zero-order valence-corrected chi connectivity index (χ0v) is 10.8. The molecule has 1 aromatic rings. The van der Waals surface area contributed by atoms with Crippen LogP contribution in [0.4, 0.5) is 0 Å². The third-order valence-electron chi connectivity index (χ3n) is 2.21. The number of carbonyl (C=O) groups is 1. The smallest absolute Gasteiger partial charge is 0.307 e. The summed E-state index contributed by atoms with van der Waals surface area (Å²) in [6, 6.07) is 0. The normalized spacial score (nSPS) is 11.0. The fourth-order valence-corrected chi connectivity index (χ4v) is 2.34. The summed E-state index contributed by atoms with van der Waals surface area (Å²) >= 11 is 1.01. The molecule has 5 heteroatoms. The molecular weight excluding hydrogens is 224 g/mol. The Balaban J connectivity index is 3.06. The molecule has 0 N–H and O–H groups in total. The first-order chi connectivity index (χ1) is 7.47. The molecule has 0 spiro atoms. The summed E-state index contributed by atoms with van der Waals surface area (Å²) in [5.41, 5.74) is 0.755. The van der Waals surface area contributed by atoms with Gasteiger partial charge < -0.3 is 9.47 Å². The number of hydrogen-bond acceptors (Lipinski definition) is 4. The zero-order valence-electron chi connectivity index (χ0n) is 9.98. The Morgan fingerprint density at radius 1 is 1.50 bits per heavy atom. The molecule has 1 rings (SSSR count). The fraction of sp³-hybridized carbons (Fsp3) is 0.455. The Morgan fingerprint density at radius 3 is 2.56 bits per heavy atom. The third kappa shape index (κ3) is 2.61. The van der Waals surface area contributed by atoms with E-state index in [9.17, 15) is 9.59 Å². The molecule has 16 heavy (non-hydrogen) atoms. The van der Waals surface area contributed by atoms with Crippen molar-refractivity contribution in [3.63, 3.8) is 0 Å². The largest absolute Gasteiger partial charge is 0.383 e. The average molecular weight is 240 g/mol. The Morgan fingerprint density at radius 2 is 2.12 bits per heavy atom. The molecule has 0 aromatic carbocycles. The van der Waals surface area contributed by atoms with Gasteiger partial charge in [0.1, 0.15) is 0 Å². The summed E-state index contributed by atoms with van der Waals surface area (Å²) in [4.78, 5) is 25.6. The van der Waals surface area contributed by atoms with Gasteiger partial charge in [0.05, 0.1) is 4.88 Å². The molecule has 0 bridgehead atoms. The van der Waals surface area contributed by atoms with E-state index in [1.54, 1.807) is 22.6 Å². The lowest BCUT2D eigenvalue weighted by atomic mass is 10.2. The summed E-state index contributed by atoms with van der Waals surface area (Å²) < 4.78 is 1.61. The van der Waals surface area contributed by atoms with Crippen molar-refractivity contribution in [2.45, 2.75) is 20.4 Å². The summed E-state index contributed by atoms with van der Waals surface area (Å²) in [5.74, 6) is -0.111. The van der Waals surface area contributed by atoms with Crippen LogP contribution in [0.1, 0.15) is 22.3 Å². The van der Waals surface area contributed by atoms with Gasteiger partial charge in [-0.1, -0.05) is 11.3 Å². The van der Waals surface area contributed by atoms with Gasteiger partial charge in [0.15, 0.2) is 5.78 Å². The van der Waals surface area contributed by atoms with E-state index in [0.29, 0.717) is 11.4 Å². The van der Waals surface area contributed by atoms with Crippen molar-refractivity contribution in [3.8, 4) is 0 Å². The van der Waals surface area contributed by atoms with Crippen molar-refractivity contribution in [2.75, 3.05) is 14.1 Å². The minimum absolute atomic E-state index is 0.0680. The molecule has 88 valence electrons. The molecular formula is C11H16N2O2S. The molecule has 0 fully saturated rings. The Kier molecular flexibility index (Phi) is 4.06. The van der Waals surface area contributed by atoms with Crippen LogP contribution >= 0.6 is 11.3 Å². The lowest BCUT2D eigenvalue weighted by molar-refractivity contribution is 0.104. The topological polar surface area (TPSA) is 42.3 Å². The second kappa shape index (κ2) is 5.12. The Bertz CT molecular complexity index is 469. The maximum Gasteiger partial charge on any atom is 0.307 e. The second-order valence-corrected chi connectivity index (χ2v) is 4.63. The van der Waals surface area contributed by atoms with Gasteiger partial charge in [-0.05, 0) is 13.8 Å². The molecule has 0 unspecified atom stereocenters. The number of allylic oxidation sites excluding steroid dienone is 1. The number of ketones is 1. The van der Waals surface area contributed by atoms with E-state index in [1.807, 2.05) is 21.0 Å². The highest BCUT2D eigenvalue weighted by atomic mass is 32.1. The van der Waals surface area contributed by atoms with Crippen LogP contribution < -0.4 is 4.87 Å². The van der Waals surface area contributed by atoms with Crippen LogP contribution in [0.3, 0.4) is 0 Å². The molecule has 0 aliphatic rings. The SMILES string of the molecule is CCn1c(C)c(C(=O)/C=C/N(C)C)sc1=O. The predicted octanol–water partition coefficient (Wildman–Crippen LogP) is 1.50. The van der Waals surface area contributed by atoms with Crippen LogP contribution in [0, 0.1) is 6.92 Å². The molecule has 0 saturated heterocycles.